The van der Waals surface area contributed by atoms with Crippen molar-refractivity contribution in [1.29, 1.82) is 5.26 Å². The standard InChI is InChI=1S/C12H14N2/c1-8-5-9(7-13)6-10-3-2-4-11(14)12(8)10/h5-6,11H,2-4,14H2,1H3/t11-/m1/s1. The van der Waals surface area contributed by atoms with Gasteiger partial charge in [-0.1, -0.05) is 0 Å². The van der Waals surface area contributed by atoms with Crippen molar-refractivity contribution in [2.75, 3.05) is 0 Å². The van der Waals surface area contributed by atoms with Crippen LogP contribution in [-0.4, -0.2) is 0 Å². The van der Waals surface area contributed by atoms with E-state index in [-0.39, 0.29) is 6.04 Å². The molecule has 14 heavy (non-hydrogen) atoms. The first-order valence-corrected chi connectivity index (χ1v) is 5.01. The van der Waals surface area contributed by atoms with Gasteiger partial charge in [0.15, 0.2) is 0 Å². The number of hydrogen-bond donors (Lipinski definition) is 1. The Morgan fingerprint density at radius 3 is 3.00 bits per heavy atom. The molecule has 2 nitrogen and oxygen atoms in total. The average Bonchev–Trinajstić information content (AvgIpc) is 2.17. The zero-order valence-corrected chi connectivity index (χ0v) is 8.38. The second-order valence-electron chi connectivity index (χ2n) is 3.98. The Hall–Kier alpha value is -1.33. The summed E-state index contributed by atoms with van der Waals surface area (Å²) in [4.78, 5) is 0. The molecule has 0 aromatic heterocycles. The van der Waals surface area contributed by atoms with Crippen molar-refractivity contribution in [2.24, 2.45) is 5.73 Å². The van der Waals surface area contributed by atoms with E-state index < -0.39 is 0 Å². The number of nitrogens with two attached hydrogens (primary N) is 1. The van der Waals surface area contributed by atoms with Gasteiger partial charge in [0.2, 0.25) is 0 Å². The van der Waals surface area contributed by atoms with E-state index >= 15 is 0 Å². The van der Waals surface area contributed by atoms with Crippen LogP contribution in [0.2, 0.25) is 0 Å². The van der Waals surface area contributed by atoms with Gasteiger partial charge in [0, 0.05) is 6.04 Å². The molecule has 0 amide bonds. The van der Waals surface area contributed by atoms with E-state index in [0.717, 1.165) is 24.8 Å². The van der Waals surface area contributed by atoms with E-state index in [1.165, 1.54) is 16.7 Å². The maximum absolute atomic E-state index is 8.85. The highest BCUT2D eigenvalue weighted by Gasteiger charge is 2.19. The summed E-state index contributed by atoms with van der Waals surface area (Å²) in [5, 5.41) is 8.85. The molecular formula is C12H14N2. The molecule has 0 heterocycles. The summed E-state index contributed by atoms with van der Waals surface area (Å²) in [7, 11) is 0. The molecule has 0 fully saturated rings. The summed E-state index contributed by atoms with van der Waals surface area (Å²) in [6.07, 6.45) is 3.28. The molecule has 1 atom stereocenters. The van der Waals surface area contributed by atoms with E-state index in [2.05, 4.69) is 6.07 Å². The molecule has 0 spiro atoms. The van der Waals surface area contributed by atoms with Gasteiger partial charge in [0.05, 0.1) is 11.6 Å². The number of benzene rings is 1. The highest BCUT2D eigenvalue weighted by molar-refractivity contribution is 5.45. The number of hydrogen-bond acceptors (Lipinski definition) is 2. The summed E-state index contributed by atoms with van der Waals surface area (Å²) >= 11 is 0. The van der Waals surface area contributed by atoms with Gasteiger partial charge in [-0.15, -0.1) is 0 Å². The van der Waals surface area contributed by atoms with Gasteiger partial charge in [0.25, 0.3) is 0 Å². The molecule has 1 aromatic carbocycles. The minimum Gasteiger partial charge on any atom is -0.324 e. The van der Waals surface area contributed by atoms with Crippen molar-refractivity contribution in [1.82, 2.24) is 0 Å². The fourth-order valence-electron chi connectivity index (χ4n) is 2.33. The molecule has 0 radical (unpaired) electrons. The zero-order valence-electron chi connectivity index (χ0n) is 8.38. The van der Waals surface area contributed by atoms with Crippen LogP contribution in [0, 0.1) is 18.3 Å². The monoisotopic (exact) mass is 186 g/mol. The normalized spacial score (nSPS) is 19.9. The largest absolute Gasteiger partial charge is 0.324 e. The SMILES string of the molecule is Cc1cc(C#N)cc2c1[C@H](N)CCC2. The van der Waals surface area contributed by atoms with E-state index in [0.29, 0.717) is 0 Å². The highest BCUT2D eigenvalue weighted by Crippen LogP contribution is 2.31. The Balaban J connectivity index is 2.58. The van der Waals surface area contributed by atoms with Crippen LogP contribution in [0.4, 0.5) is 0 Å². The lowest BCUT2D eigenvalue weighted by atomic mass is 9.84. The zero-order chi connectivity index (χ0) is 10.1. The van der Waals surface area contributed by atoms with E-state index in [9.17, 15) is 0 Å². The molecule has 0 saturated carbocycles. The lowest BCUT2D eigenvalue weighted by Gasteiger charge is -2.24. The summed E-state index contributed by atoms with van der Waals surface area (Å²) < 4.78 is 0. The van der Waals surface area contributed by atoms with Crippen LogP contribution in [0.3, 0.4) is 0 Å². The lowest BCUT2D eigenvalue weighted by Crippen LogP contribution is -2.18. The number of nitrogens with zero attached hydrogens (tertiary/aromatic N) is 1. The summed E-state index contributed by atoms with van der Waals surface area (Å²) in [5.41, 5.74) is 10.5. The number of aryl methyl sites for hydroxylation is 2. The molecule has 1 aromatic rings. The molecule has 0 bridgehead atoms. The minimum absolute atomic E-state index is 0.173. The summed E-state index contributed by atoms with van der Waals surface area (Å²) in [6.45, 7) is 2.05. The maximum atomic E-state index is 8.85. The Labute approximate surface area is 84.3 Å². The quantitative estimate of drug-likeness (QED) is 0.675. The highest BCUT2D eigenvalue weighted by atomic mass is 14.6. The predicted octanol–water partition coefficient (Wildman–Crippen LogP) is 2.20. The molecule has 2 N–H and O–H groups in total. The Morgan fingerprint density at radius 1 is 1.50 bits per heavy atom. The minimum atomic E-state index is 0.173. The Kier molecular flexibility index (Phi) is 2.26. The third kappa shape index (κ3) is 1.40. The van der Waals surface area contributed by atoms with Gasteiger partial charge in [-0.25, -0.2) is 0 Å². The molecule has 0 saturated heterocycles. The van der Waals surface area contributed by atoms with Crippen LogP contribution >= 0.6 is 0 Å². The number of fused-ring (bicyclic) bond motifs is 1. The molecule has 2 rings (SSSR count). The van der Waals surface area contributed by atoms with E-state index in [1.807, 2.05) is 19.1 Å². The lowest BCUT2D eigenvalue weighted by molar-refractivity contribution is 0.567. The molecule has 72 valence electrons. The van der Waals surface area contributed by atoms with Crippen molar-refractivity contribution in [3.63, 3.8) is 0 Å². The van der Waals surface area contributed by atoms with Gasteiger partial charge in [-0.3, -0.25) is 0 Å². The summed E-state index contributed by atoms with van der Waals surface area (Å²) in [6, 6.07) is 6.29. The third-order valence-electron chi connectivity index (χ3n) is 2.93. The number of nitriles is 1. The maximum Gasteiger partial charge on any atom is 0.0991 e. The van der Waals surface area contributed by atoms with E-state index in [1.54, 1.807) is 0 Å². The smallest absolute Gasteiger partial charge is 0.0991 e. The van der Waals surface area contributed by atoms with Gasteiger partial charge >= 0.3 is 0 Å². The van der Waals surface area contributed by atoms with Crippen molar-refractivity contribution in [3.05, 3.63) is 34.4 Å². The first-order valence-electron chi connectivity index (χ1n) is 5.01. The van der Waals surface area contributed by atoms with Gasteiger partial charge in [-0.05, 0) is 55.0 Å². The predicted molar refractivity (Wildman–Crippen MR) is 55.8 cm³/mol. The van der Waals surface area contributed by atoms with Crippen molar-refractivity contribution in [2.45, 2.75) is 32.2 Å². The first kappa shape index (κ1) is 9.23. The summed E-state index contributed by atoms with van der Waals surface area (Å²) in [5.74, 6) is 0. The van der Waals surface area contributed by atoms with Gasteiger partial charge in [-0.2, -0.15) is 5.26 Å². The van der Waals surface area contributed by atoms with Crippen molar-refractivity contribution in [3.8, 4) is 6.07 Å². The topological polar surface area (TPSA) is 49.8 Å². The fourth-order valence-corrected chi connectivity index (χ4v) is 2.33. The molecule has 1 aliphatic carbocycles. The molecule has 0 unspecified atom stereocenters. The van der Waals surface area contributed by atoms with E-state index in [4.69, 9.17) is 11.0 Å². The van der Waals surface area contributed by atoms with Crippen molar-refractivity contribution >= 4 is 0 Å². The molecule has 0 aliphatic heterocycles. The molecule has 1 aliphatic rings. The van der Waals surface area contributed by atoms with Crippen LogP contribution in [0.25, 0.3) is 0 Å². The first-order chi connectivity index (χ1) is 6.72. The van der Waals surface area contributed by atoms with Crippen LogP contribution in [0.5, 0.6) is 0 Å². The Morgan fingerprint density at radius 2 is 2.29 bits per heavy atom. The van der Waals surface area contributed by atoms with Crippen LogP contribution in [0.15, 0.2) is 12.1 Å². The third-order valence-corrected chi connectivity index (χ3v) is 2.93. The second kappa shape index (κ2) is 3.43. The van der Waals surface area contributed by atoms with Crippen LogP contribution in [-0.2, 0) is 6.42 Å². The molecule has 2 heteroatoms. The van der Waals surface area contributed by atoms with Gasteiger partial charge < -0.3 is 5.73 Å². The second-order valence-corrected chi connectivity index (χ2v) is 3.98. The Bertz CT molecular complexity index is 402. The average molecular weight is 186 g/mol. The van der Waals surface area contributed by atoms with Crippen LogP contribution in [0.1, 0.15) is 41.1 Å². The number of rotatable bonds is 0. The van der Waals surface area contributed by atoms with Gasteiger partial charge in [0.1, 0.15) is 0 Å². The van der Waals surface area contributed by atoms with Crippen LogP contribution < -0.4 is 5.73 Å². The fraction of sp³-hybridized carbons (Fsp3) is 0.417. The van der Waals surface area contributed by atoms with Crippen molar-refractivity contribution < 1.29 is 0 Å². The molecular weight excluding hydrogens is 172 g/mol.